The topological polar surface area (TPSA) is 53.1 Å². The minimum atomic E-state index is 0.444. The van der Waals surface area contributed by atoms with E-state index >= 15 is 0 Å². The Bertz CT molecular complexity index is 561. The summed E-state index contributed by atoms with van der Waals surface area (Å²) in [5.41, 5.74) is 0. The van der Waals surface area contributed by atoms with E-state index in [1.165, 1.54) is 38.5 Å². The zero-order valence-electron chi connectivity index (χ0n) is 13.5. The van der Waals surface area contributed by atoms with Crippen LogP contribution in [0.1, 0.15) is 45.4 Å². The van der Waals surface area contributed by atoms with Gasteiger partial charge in [0.2, 0.25) is 5.95 Å². The quantitative estimate of drug-likeness (QED) is 0.639. The van der Waals surface area contributed by atoms with Gasteiger partial charge in [-0.05, 0) is 43.8 Å². The lowest BCUT2D eigenvalue weighted by molar-refractivity contribution is 0.444. The first kappa shape index (κ1) is 16.7. The van der Waals surface area contributed by atoms with Crippen LogP contribution >= 0.6 is 23.8 Å². The van der Waals surface area contributed by atoms with Gasteiger partial charge in [0.1, 0.15) is 11.0 Å². The third-order valence-corrected chi connectivity index (χ3v) is 4.99. The number of hydrogen-bond acceptors (Lipinski definition) is 4. The van der Waals surface area contributed by atoms with Crippen LogP contribution in [0.15, 0.2) is 6.07 Å². The molecule has 7 heteroatoms. The number of anilines is 2. The van der Waals surface area contributed by atoms with Crippen LogP contribution in [0.5, 0.6) is 0 Å². The fourth-order valence-corrected chi connectivity index (χ4v) is 3.85. The zero-order valence-corrected chi connectivity index (χ0v) is 15.1. The Morgan fingerprint density at radius 2 is 2.04 bits per heavy atom. The van der Waals surface area contributed by atoms with E-state index in [4.69, 9.17) is 23.8 Å². The lowest BCUT2D eigenvalue weighted by Gasteiger charge is -2.32. The second-order valence-corrected chi connectivity index (χ2v) is 7.44. The van der Waals surface area contributed by atoms with Crippen LogP contribution < -0.4 is 15.5 Å². The predicted octanol–water partition coefficient (Wildman–Crippen LogP) is 3.60. The van der Waals surface area contributed by atoms with Crippen molar-refractivity contribution < 1.29 is 0 Å². The molecule has 1 aromatic heterocycles. The molecule has 5 nitrogen and oxygen atoms in total. The third kappa shape index (κ3) is 4.67. The Morgan fingerprint density at radius 3 is 2.78 bits per heavy atom. The van der Waals surface area contributed by atoms with Crippen molar-refractivity contribution in [2.75, 3.05) is 23.3 Å². The Labute approximate surface area is 148 Å². The maximum absolute atomic E-state index is 6.18. The van der Waals surface area contributed by atoms with Crippen molar-refractivity contribution >= 4 is 40.7 Å². The van der Waals surface area contributed by atoms with E-state index in [0.29, 0.717) is 28.2 Å². The van der Waals surface area contributed by atoms with Crippen LogP contribution in [0.2, 0.25) is 5.15 Å². The van der Waals surface area contributed by atoms with E-state index in [1.807, 2.05) is 6.07 Å². The highest BCUT2D eigenvalue weighted by Gasteiger charge is 2.20. The van der Waals surface area contributed by atoms with Gasteiger partial charge in [-0.1, -0.05) is 31.4 Å². The largest absolute Gasteiger partial charge is 0.360 e. The van der Waals surface area contributed by atoms with E-state index in [-0.39, 0.29) is 0 Å². The van der Waals surface area contributed by atoms with Crippen LogP contribution in [-0.4, -0.2) is 34.2 Å². The molecule has 2 heterocycles. The summed E-state index contributed by atoms with van der Waals surface area (Å²) >= 11 is 11.6. The van der Waals surface area contributed by atoms with Crippen LogP contribution in [0, 0.1) is 5.92 Å². The molecule has 126 valence electrons. The minimum absolute atomic E-state index is 0.444. The van der Waals surface area contributed by atoms with E-state index in [0.717, 1.165) is 18.9 Å². The number of nitrogens with one attached hydrogen (secondary N) is 2. The molecule has 0 bridgehead atoms. The highest BCUT2D eigenvalue weighted by molar-refractivity contribution is 7.80. The van der Waals surface area contributed by atoms with Gasteiger partial charge in [0.05, 0.1) is 0 Å². The summed E-state index contributed by atoms with van der Waals surface area (Å²) in [6.07, 6.45) is 7.35. The number of thiocarbonyl (C=S) groups is 1. The monoisotopic (exact) mass is 353 g/mol. The second-order valence-electron chi connectivity index (χ2n) is 6.65. The normalized spacial score (nSPS) is 22.2. The molecule has 0 radical (unpaired) electrons. The predicted molar refractivity (Wildman–Crippen MR) is 99.3 cm³/mol. The fourth-order valence-electron chi connectivity index (χ4n) is 3.41. The molecule has 23 heavy (non-hydrogen) atoms. The van der Waals surface area contributed by atoms with Crippen molar-refractivity contribution in [2.45, 2.75) is 51.5 Å². The summed E-state index contributed by atoms with van der Waals surface area (Å²) in [7, 11) is 0. The van der Waals surface area contributed by atoms with E-state index in [9.17, 15) is 0 Å². The van der Waals surface area contributed by atoms with Crippen molar-refractivity contribution in [2.24, 2.45) is 5.92 Å². The molecule has 2 N–H and O–H groups in total. The molecule has 1 aromatic rings. The molecule has 1 saturated heterocycles. The fraction of sp³-hybridized carbons (Fsp3) is 0.688. The summed E-state index contributed by atoms with van der Waals surface area (Å²) in [6, 6.07) is 2.30. The van der Waals surface area contributed by atoms with Gasteiger partial charge in [0.15, 0.2) is 5.11 Å². The van der Waals surface area contributed by atoms with Crippen molar-refractivity contribution in [3.8, 4) is 0 Å². The highest BCUT2D eigenvalue weighted by Crippen LogP contribution is 2.24. The summed E-state index contributed by atoms with van der Waals surface area (Å²) in [4.78, 5) is 11.1. The molecule has 2 fully saturated rings. The molecule has 1 aliphatic carbocycles. The second kappa shape index (κ2) is 7.62. The molecule has 0 amide bonds. The first-order valence-corrected chi connectivity index (χ1v) is 9.26. The highest BCUT2D eigenvalue weighted by atomic mass is 35.5. The Morgan fingerprint density at radius 1 is 1.26 bits per heavy atom. The summed E-state index contributed by atoms with van der Waals surface area (Å²) < 4.78 is 0. The van der Waals surface area contributed by atoms with E-state index in [1.54, 1.807) is 0 Å². The molecule has 1 saturated carbocycles. The van der Waals surface area contributed by atoms with Crippen molar-refractivity contribution in [1.82, 2.24) is 15.3 Å². The zero-order chi connectivity index (χ0) is 16.2. The molecular formula is C16H24ClN5S. The number of rotatable bonds is 3. The lowest BCUT2D eigenvalue weighted by Crippen LogP contribution is -2.37. The van der Waals surface area contributed by atoms with Crippen LogP contribution in [0.25, 0.3) is 0 Å². The Kier molecular flexibility index (Phi) is 5.54. The summed E-state index contributed by atoms with van der Waals surface area (Å²) in [5, 5.41) is 7.45. The van der Waals surface area contributed by atoms with Gasteiger partial charge in [-0.2, -0.15) is 4.98 Å². The summed E-state index contributed by atoms with van der Waals surface area (Å²) in [6.45, 7) is 4.30. The number of aromatic nitrogens is 2. The standard InChI is InChI=1S/C16H24ClN5S/c1-11-5-4-8-22(10-11)14-9-13(17)19-15(20-14)21-16(23)18-12-6-2-3-7-12/h9,11-12H,2-8,10H2,1H3,(H2,18,19,20,21,23)/t11-/m1/s1. The van der Waals surface area contributed by atoms with Gasteiger partial charge >= 0.3 is 0 Å². The Balaban J connectivity index is 1.66. The van der Waals surface area contributed by atoms with Crippen LogP contribution in [0.3, 0.4) is 0 Å². The maximum Gasteiger partial charge on any atom is 0.232 e. The minimum Gasteiger partial charge on any atom is -0.360 e. The van der Waals surface area contributed by atoms with E-state index in [2.05, 4.69) is 32.4 Å². The molecule has 0 spiro atoms. The number of hydrogen-bond donors (Lipinski definition) is 2. The van der Waals surface area contributed by atoms with Gasteiger partial charge in [0.25, 0.3) is 0 Å². The average Bonchev–Trinajstić information content (AvgIpc) is 2.99. The third-order valence-electron chi connectivity index (χ3n) is 4.58. The van der Waals surface area contributed by atoms with Crippen molar-refractivity contribution in [1.29, 1.82) is 0 Å². The van der Waals surface area contributed by atoms with Gasteiger partial charge in [-0.3, -0.25) is 0 Å². The molecule has 2 aliphatic rings. The van der Waals surface area contributed by atoms with Gasteiger partial charge in [0, 0.05) is 25.2 Å². The first-order valence-electron chi connectivity index (χ1n) is 8.47. The van der Waals surface area contributed by atoms with Crippen molar-refractivity contribution in [3.05, 3.63) is 11.2 Å². The first-order chi connectivity index (χ1) is 11.1. The van der Waals surface area contributed by atoms with Gasteiger partial charge in [-0.25, -0.2) is 4.98 Å². The SMILES string of the molecule is C[C@@H]1CCCN(c2cc(Cl)nc(NC(=S)NC3CCCC3)n2)C1. The number of nitrogens with zero attached hydrogens (tertiary/aromatic N) is 3. The average molecular weight is 354 g/mol. The molecule has 0 aromatic carbocycles. The van der Waals surface area contributed by atoms with Gasteiger partial charge < -0.3 is 15.5 Å². The van der Waals surface area contributed by atoms with E-state index < -0.39 is 0 Å². The molecule has 1 aliphatic heterocycles. The maximum atomic E-state index is 6.18. The molecule has 0 unspecified atom stereocenters. The molecule has 1 atom stereocenters. The smallest absolute Gasteiger partial charge is 0.232 e. The van der Waals surface area contributed by atoms with Crippen LogP contribution in [-0.2, 0) is 0 Å². The Hall–Kier alpha value is -1.14. The number of halogens is 1. The molecular weight excluding hydrogens is 330 g/mol. The van der Waals surface area contributed by atoms with Crippen LogP contribution in [0.4, 0.5) is 11.8 Å². The number of piperidine rings is 1. The van der Waals surface area contributed by atoms with Gasteiger partial charge in [-0.15, -0.1) is 0 Å². The summed E-state index contributed by atoms with van der Waals surface area (Å²) in [5.74, 6) is 2.03. The molecule has 3 rings (SSSR count). The lowest BCUT2D eigenvalue weighted by atomic mass is 10.0. The van der Waals surface area contributed by atoms with Crippen molar-refractivity contribution in [3.63, 3.8) is 0 Å².